The van der Waals surface area contributed by atoms with Crippen LogP contribution in [-0.4, -0.2) is 40.0 Å². The minimum absolute atomic E-state index is 0.0421. The summed E-state index contributed by atoms with van der Waals surface area (Å²) in [6, 6.07) is 11.0. The fourth-order valence-corrected chi connectivity index (χ4v) is 5.19. The summed E-state index contributed by atoms with van der Waals surface area (Å²) < 4.78 is 39.3. The number of alkyl halides is 3. The number of thioether (sulfide) groups is 1. The molecule has 1 fully saturated rings. The number of anilines is 2. The number of halogens is 3. The quantitative estimate of drug-likeness (QED) is 0.449. The van der Waals surface area contributed by atoms with E-state index in [2.05, 4.69) is 5.32 Å². The zero-order valence-electron chi connectivity index (χ0n) is 18.7. The van der Waals surface area contributed by atoms with E-state index < -0.39 is 30.1 Å². The maximum absolute atomic E-state index is 13.4. The third-order valence-corrected chi connectivity index (χ3v) is 6.77. The second-order valence-electron chi connectivity index (χ2n) is 8.42. The van der Waals surface area contributed by atoms with Crippen LogP contribution in [0.5, 0.6) is 0 Å². The summed E-state index contributed by atoms with van der Waals surface area (Å²) in [4.78, 5) is 42.1. The van der Waals surface area contributed by atoms with E-state index in [1.165, 1.54) is 21.9 Å². The Hall–Kier alpha value is -3.18. The summed E-state index contributed by atoms with van der Waals surface area (Å²) in [6.07, 6.45) is -4.55. The predicted octanol–water partition coefficient (Wildman–Crippen LogP) is 4.92. The van der Waals surface area contributed by atoms with Crippen LogP contribution in [-0.2, 0) is 20.6 Å². The number of nitrogens with one attached hydrogen (secondary N) is 1. The first-order valence-electron chi connectivity index (χ1n) is 10.6. The van der Waals surface area contributed by atoms with E-state index in [0.717, 1.165) is 23.9 Å². The molecule has 2 aliphatic heterocycles. The molecule has 2 aliphatic rings. The van der Waals surface area contributed by atoms with Crippen LogP contribution in [0.2, 0.25) is 0 Å². The molecule has 2 aromatic rings. The molecule has 0 radical (unpaired) electrons. The molecule has 11 heteroatoms. The van der Waals surface area contributed by atoms with Gasteiger partial charge >= 0.3 is 6.18 Å². The highest BCUT2D eigenvalue weighted by atomic mass is 32.2. The summed E-state index contributed by atoms with van der Waals surface area (Å²) in [5, 5.41) is 2.41. The molecule has 1 N–H and O–H groups in total. The maximum atomic E-state index is 13.4. The molecule has 35 heavy (non-hydrogen) atoms. The van der Waals surface area contributed by atoms with E-state index in [1.54, 1.807) is 24.3 Å². The monoisotopic (exact) mass is 519 g/mol. The van der Waals surface area contributed by atoms with Gasteiger partial charge in [-0.3, -0.25) is 24.2 Å². The smallest absolute Gasteiger partial charge is 0.325 e. The molecular formula is C24H20F3N3O3S2. The normalized spacial score (nSPS) is 18.1. The highest BCUT2D eigenvalue weighted by Gasteiger charge is 2.42. The molecule has 2 aromatic carbocycles. The molecule has 0 atom stereocenters. The number of benzene rings is 2. The van der Waals surface area contributed by atoms with Crippen molar-refractivity contribution in [3.8, 4) is 0 Å². The fraction of sp³-hybridized carbons (Fsp3) is 0.250. The minimum Gasteiger partial charge on any atom is -0.325 e. The molecule has 2 heterocycles. The molecule has 0 aromatic heterocycles. The largest absolute Gasteiger partial charge is 0.416 e. The Kier molecular flexibility index (Phi) is 6.74. The predicted molar refractivity (Wildman–Crippen MR) is 133 cm³/mol. The molecule has 0 spiro atoms. The summed E-state index contributed by atoms with van der Waals surface area (Å²) in [5.41, 5.74) is 0.148. The highest BCUT2D eigenvalue weighted by Crippen LogP contribution is 2.44. The van der Waals surface area contributed by atoms with E-state index >= 15 is 0 Å². The van der Waals surface area contributed by atoms with Gasteiger partial charge in [-0.05, 0) is 30.2 Å². The number of carbonyl (C=O) groups excluding carboxylic acids is 3. The first kappa shape index (κ1) is 24.9. The Bertz CT molecular complexity index is 1270. The fourth-order valence-electron chi connectivity index (χ4n) is 3.85. The van der Waals surface area contributed by atoms with Crippen molar-refractivity contribution in [3.05, 3.63) is 64.6 Å². The SMILES string of the molecule is CC(C)CN1C(=O)/C(=C2/C(=O)N(CC(=O)Nc3cccc(C(F)(F)F)c3)c3ccccc32)SC1=S. The lowest BCUT2D eigenvalue weighted by Gasteiger charge is -2.17. The lowest BCUT2D eigenvalue weighted by Crippen LogP contribution is -2.36. The average Bonchev–Trinajstić information content (AvgIpc) is 3.20. The van der Waals surface area contributed by atoms with Gasteiger partial charge in [0.2, 0.25) is 5.91 Å². The number of thiocarbonyl (C=S) groups is 1. The van der Waals surface area contributed by atoms with Crippen molar-refractivity contribution in [1.29, 1.82) is 0 Å². The van der Waals surface area contributed by atoms with Crippen LogP contribution >= 0.6 is 24.0 Å². The van der Waals surface area contributed by atoms with Gasteiger partial charge in [0.1, 0.15) is 10.9 Å². The molecule has 182 valence electrons. The van der Waals surface area contributed by atoms with Crippen molar-refractivity contribution in [1.82, 2.24) is 4.90 Å². The van der Waals surface area contributed by atoms with Gasteiger partial charge < -0.3 is 5.32 Å². The number of para-hydroxylation sites is 1. The summed E-state index contributed by atoms with van der Waals surface area (Å²) >= 11 is 6.41. The van der Waals surface area contributed by atoms with E-state index in [4.69, 9.17) is 12.2 Å². The number of nitrogens with zero attached hydrogens (tertiary/aromatic N) is 2. The average molecular weight is 520 g/mol. The van der Waals surface area contributed by atoms with Crippen LogP contribution in [0.1, 0.15) is 25.0 Å². The van der Waals surface area contributed by atoms with Gasteiger partial charge in [0, 0.05) is 17.8 Å². The topological polar surface area (TPSA) is 69.7 Å². The second-order valence-corrected chi connectivity index (χ2v) is 10.1. The Balaban J connectivity index is 1.61. The van der Waals surface area contributed by atoms with Crippen molar-refractivity contribution in [2.24, 2.45) is 5.92 Å². The molecule has 1 saturated heterocycles. The molecule has 0 aliphatic carbocycles. The first-order valence-corrected chi connectivity index (χ1v) is 11.9. The van der Waals surface area contributed by atoms with Crippen molar-refractivity contribution in [2.75, 3.05) is 23.3 Å². The number of amides is 3. The lowest BCUT2D eigenvalue weighted by atomic mass is 10.1. The Morgan fingerprint density at radius 1 is 1.06 bits per heavy atom. The zero-order valence-corrected chi connectivity index (χ0v) is 20.3. The van der Waals surface area contributed by atoms with Gasteiger partial charge in [-0.15, -0.1) is 0 Å². The van der Waals surface area contributed by atoms with Crippen LogP contribution in [0.4, 0.5) is 24.5 Å². The Morgan fingerprint density at radius 2 is 1.77 bits per heavy atom. The Labute approximate surface area is 209 Å². The van der Waals surface area contributed by atoms with Crippen LogP contribution in [0.25, 0.3) is 5.57 Å². The molecular weight excluding hydrogens is 499 g/mol. The Morgan fingerprint density at radius 3 is 2.46 bits per heavy atom. The van der Waals surface area contributed by atoms with E-state index in [-0.39, 0.29) is 28.0 Å². The van der Waals surface area contributed by atoms with E-state index in [0.29, 0.717) is 22.1 Å². The third-order valence-electron chi connectivity index (χ3n) is 5.32. The van der Waals surface area contributed by atoms with Gasteiger partial charge in [-0.25, -0.2) is 0 Å². The number of hydrogen-bond donors (Lipinski definition) is 1. The van der Waals surface area contributed by atoms with Crippen LogP contribution in [0.3, 0.4) is 0 Å². The number of rotatable bonds is 5. The van der Waals surface area contributed by atoms with Crippen molar-refractivity contribution in [3.63, 3.8) is 0 Å². The van der Waals surface area contributed by atoms with Crippen molar-refractivity contribution in [2.45, 2.75) is 20.0 Å². The number of carbonyl (C=O) groups is 3. The molecule has 6 nitrogen and oxygen atoms in total. The van der Waals surface area contributed by atoms with Crippen LogP contribution in [0, 0.1) is 5.92 Å². The zero-order chi connectivity index (χ0) is 25.5. The molecule has 4 rings (SSSR count). The highest BCUT2D eigenvalue weighted by molar-refractivity contribution is 8.26. The van der Waals surface area contributed by atoms with E-state index in [9.17, 15) is 27.6 Å². The second kappa shape index (κ2) is 9.46. The summed E-state index contributed by atoms with van der Waals surface area (Å²) in [7, 11) is 0. The van der Waals surface area contributed by atoms with Crippen LogP contribution < -0.4 is 10.2 Å². The summed E-state index contributed by atoms with van der Waals surface area (Å²) in [5.74, 6) is -1.41. The standard InChI is InChI=1S/C24H20F3N3O3S2/c1-13(2)11-30-22(33)20(35-23(30)34)19-16-8-3-4-9-17(16)29(21(19)32)12-18(31)28-15-7-5-6-14(10-15)24(25,26)27/h3-10,13H,11-12H2,1-2H3,(H,28,31)/b20-19-. The van der Waals surface area contributed by atoms with Gasteiger partial charge in [0.15, 0.2) is 0 Å². The number of hydrogen-bond acceptors (Lipinski definition) is 5. The van der Waals surface area contributed by atoms with Gasteiger partial charge in [0.25, 0.3) is 11.8 Å². The molecule has 0 saturated carbocycles. The van der Waals surface area contributed by atoms with Gasteiger partial charge in [-0.1, -0.05) is 62.1 Å². The third kappa shape index (κ3) is 4.96. The first-order chi connectivity index (χ1) is 16.5. The van der Waals surface area contributed by atoms with Crippen molar-refractivity contribution < 1.29 is 27.6 Å². The van der Waals surface area contributed by atoms with Crippen LogP contribution in [0.15, 0.2) is 53.4 Å². The number of fused-ring (bicyclic) bond motifs is 1. The molecule has 0 unspecified atom stereocenters. The molecule has 3 amide bonds. The maximum Gasteiger partial charge on any atom is 0.416 e. The van der Waals surface area contributed by atoms with Gasteiger partial charge in [0.05, 0.1) is 21.7 Å². The van der Waals surface area contributed by atoms with Gasteiger partial charge in [-0.2, -0.15) is 13.2 Å². The minimum atomic E-state index is -4.55. The van der Waals surface area contributed by atoms with Crippen molar-refractivity contribution >= 4 is 63.0 Å². The van der Waals surface area contributed by atoms with E-state index in [1.807, 2.05) is 13.8 Å². The lowest BCUT2D eigenvalue weighted by molar-refractivity contribution is -0.137. The summed E-state index contributed by atoms with van der Waals surface area (Å²) in [6.45, 7) is 3.88. The molecule has 0 bridgehead atoms.